The van der Waals surface area contributed by atoms with E-state index < -0.39 is 0 Å². The van der Waals surface area contributed by atoms with Crippen molar-refractivity contribution in [3.05, 3.63) is 53.1 Å². The molecule has 0 N–H and O–H groups in total. The van der Waals surface area contributed by atoms with Crippen LogP contribution in [0.5, 0.6) is 17.2 Å². The monoisotopic (exact) mass is 323 g/mol. The van der Waals surface area contributed by atoms with Crippen molar-refractivity contribution in [2.45, 2.75) is 25.7 Å². The van der Waals surface area contributed by atoms with Gasteiger partial charge in [0.15, 0.2) is 11.5 Å². The molecule has 0 aliphatic carbocycles. The maximum atomic E-state index is 9.70. The van der Waals surface area contributed by atoms with E-state index in [-0.39, 0.29) is 5.92 Å². The Balaban J connectivity index is 1.89. The van der Waals surface area contributed by atoms with Gasteiger partial charge < -0.3 is 14.2 Å². The zero-order valence-corrected chi connectivity index (χ0v) is 14.0. The second-order valence-corrected chi connectivity index (χ2v) is 5.79. The lowest BCUT2D eigenvalue weighted by molar-refractivity contribution is 0.171. The van der Waals surface area contributed by atoms with Crippen molar-refractivity contribution < 1.29 is 14.2 Å². The van der Waals surface area contributed by atoms with Crippen molar-refractivity contribution in [1.29, 1.82) is 5.26 Å². The molecule has 3 rings (SSSR count). The minimum Gasteiger partial charge on any atom is -0.496 e. The highest BCUT2D eigenvalue weighted by molar-refractivity contribution is 5.46. The number of hydrogen-bond acceptors (Lipinski definition) is 4. The molecule has 4 nitrogen and oxygen atoms in total. The van der Waals surface area contributed by atoms with E-state index in [2.05, 4.69) is 19.1 Å². The number of ether oxygens (including phenoxy) is 3. The highest BCUT2D eigenvalue weighted by Crippen LogP contribution is 2.34. The third-order valence-corrected chi connectivity index (χ3v) is 4.28. The summed E-state index contributed by atoms with van der Waals surface area (Å²) in [6.07, 6.45) is 1.54. The molecule has 1 atom stereocenters. The van der Waals surface area contributed by atoms with E-state index in [9.17, 15) is 5.26 Å². The number of nitrogens with zero attached hydrogens (tertiary/aromatic N) is 1. The third-order valence-electron chi connectivity index (χ3n) is 4.28. The predicted octanol–water partition coefficient (Wildman–Crippen LogP) is 3.88. The fourth-order valence-corrected chi connectivity index (χ4v) is 2.95. The van der Waals surface area contributed by atoms with Gasteiger partial charge in [-0.05, 0) is 42.2 Å². The molecule has 1 aliphatic heterocycles. The molecule has 0 bridgehead atoms. The van der Waals surface area contributed by atoms with Gasteiger partial charge in [-0.1, -0.05) is 25.1 Å². The fraction of sp³-hybridized carbons (Fsp3) is 0.350. The lowest BCUT2D eigenvalue weighted by Crippen LogP contribution is -2.15. The van der Waals surface area contributed by atoms with E-state index in [0.717, 1.165) is 34.8 Å². The van der Waals surface area contributed by atoms with Crippen molar-refractivity contribution in [3.63, 3.8) is 0 Å². The maximum absolute atomic E-state index is 9.70. The average Bonchev–Trinajstić information content (AvgIpc) is 2.65. The summed E-state index contributed by atoms with van der Waals surface area (Å²) < 4.78 is 16.6. The second kappa shape index (κ2) is 7.27. The molecule has 0 saturated heterocycles. The van der Waals surface area contributed by atoms with Gasteiger partial charge in [-0.25, -0.2) is 0 Å². The highest BCUT2D eigenvalue weighted by Gasteiger charge is 2.19. The van der Waals surface area contributed by atoms with E-state index >= 15 is 0 Å². The van der Waals surface area contributed by atoms with Gasteiger partial charge >= 0.3 is 0 Å². The van der Waals surface area contributed by atoms with E-state index in [4.69, 9.17) is 14.2 Å². The van der Waals surface area contributed by atoms with Crippen LogP contribution in [-0.2, 0) is 12.8 Å². The molecule has 24 heavy (non-hydrogen) atoms. The molecule has 0 amide bonds. The first kappa shape index (κ1) is 16.2. The Hall–Kier alpha value is -2.67. The van der Waals surface area contributed by atoms with Gasteiger partial charge in [0.2, 0.25) is 0 Å². The quantitative estimate of drug-likeness (QED) is 0.838. The van der Waals surface area contributed by atoms with Crippen LogP contribution >= 0.6 is 0 Å². The molecule has 0 fully saturated rings. The van der Waals surface area contributed by atoms with E-state index in [1.807, 2.05) is 30.3 Å². The standard InChI is InChI=1S/C20H21NO3/c1-3-14-4-6-18(22-2)17(11-14)16(13-21)10-15-5-7-19-20(12-15)24-9-8-23-19/h4-7,11-12,16H,3,8-10H2,1-2H3. The first-order valence-corrected chi connectivity index (χ1v) is 8.20. The molecule has 2 aromatic rings. The molecule has 124 valence electrons. The minimum absolute atomic E-state index is 0.269. The molecule has 1 aliphatic rings. The minimum atomic E-state index is -0.269. The van der Waals surface area contributed by atoms with Crippen LogP contribution in [-0.4, -0.2) is 20.3 Å². The highest BCUT2D eigenvalue weighted by atomic mass is 16.6. The van der Waals surface area contributed by atoms with Gasteiger partial charge in [0.05, 0.1) is 19.1 Å². The van der Waals surface area contributed by atoms with Gasteiger partial charge in [-0.15, -0.1) is 0 Å². The number of fused-ring (bicyclic) bond motifs is 1. The molecule has 1 unspecified atom stereocenters. The molecular formula is C20H21NO3. The van der Waals surface area contributed by atoms with Crippen LogP contribution in [0.4, 0.5) is 0 Å². The summed E-state index contributed by atoms with van der Waals surface area (Å²) in [6.45, 7) is 3.24. The summed E-state index contributed by atoms with van der Waals surface area (Å²) in [6, 6.07) is 14.4. The second-order valence-electron chi connectivity index (χ2n) is 5.79. The van der Waals surface area contributed by atoms with Gasteiger partial charge in [0, 0.05) is 5.56 Å². The van der Waals surface area contributed by atoms with Crippen molar-refractivity contribution in [1.82, 2.24) is 0 Å². The Morgan fingerprint density at radius 3 is 2.54 bits per heavy atom. The first-order chi connectivity index (χ1) is 11.7. The smallest absolute Gasteiger partial charge is 0.161 e. The Labute approximate surface area is 142 Å². The SMILES string of the molecule is CCc1ccc(OC)c(C(C#N)Cc2ccc3c(c2)OCCO3)c1. The van der Waals surface area contributed by atoms with Crippen molar-refractivity contribution >= 4 is 0 Å². The molecule has 2 aromatic carbocycles. The Morgan fingerprint density at radius 2 is 1.83 bits per heavy atom. The van der Waals surface area contributed by atoms with Crippen LogP contribution < -0.4 is 14.2 Å². The fourth-order valence-electron chi connectivity index (χ4n) is 2.95. The van der Waals surface area contributed by atoms with Crippen LogP contribution in [0.1, 0.15) is 29.5 Å². The largest absolute Gasteiger partial charge is 0.496 e. The van der Waals surface area contributed by atoms with Gasteiger partial charge in [0.1, 0.15) is 19.0 Å². The van der Waals surface area contributed by atoms with Gasteiger partial charge in [-0.3, -0.25) is 0 Å². The Kier molecular flexibility index (Phi) is 4.90. The summed E-state index contributed by atoms with van der Waals surface area (Å²) in [5, 5.41) is 9.70. The number of rotatable bonds is 5. The summed E-state index contributed by atoms with van der Waals surface area (Å²) in [5.41, 5.74) is 3.19. The van der Waals surface area contributed by atoms with Crippen LogP contribution in [0.15, 0.2) is 36.4 Å². The molecule has 0 saturated carbocycles. The van der Waals surface area contributed by atoms with Crippen LogP contribution in [0, 0.1) is 11.3 Å². The lowest BCUT2D eigenvalue weighted by atomic mass is 9.91. The van der Waals surface area contributed by atoms with E-state index in [1.165, 1.54) is 5.56 Å². The zero-order valence-electron chi connectivity index (χ0n) is 14.0. The molecule has 4 heteroatoms. The summed E-state index contributed by atoms with van der Waals surface area (Å²) in [7, 11) is 1.64. The number of nitriles is 1. The average molecular weight is 323 g/mol. The lowest BCUT2D eigenvalue weighted by Gasteiger charge is -2.20. The molecule has 0 radical (unpaired) electrons. The first-order valence-electron chi connectivity index (χ1n) is 8.20. The molecule has 0 aromatic heterocycles. The van der Waals surface area contributed by atoms with Crippen molar-refractivity contribution in [2.24, 2.45) is 0 Å². The topological polar surface area (TPSA) is 51.5 Å². The number of aryl methyl sites for hydroxylation is 1. The number of hydrogen-bond donors (Lipinski definition) is 0. The Morgan fingerprint density at radius 1 is 1.08 bits per heavy atom. The third kappa shape index (κ3) is 3.30. The van der Waals surface area contributed by atoms with Crippen molar-refractivity contribution in [3.8, 4) is 23.3 Å². The summed E-state index contributed by atoms with van der Waals surface area (Å²) in [5.74, 6) is 2.01. The maximum Gasteiger partial charge on any atom is 0.161 e. The molecular weight excluding hydrogens is 302 g/mol. The summed E-state index contributed by atoms with van der Waals surface area (Å²) in [4.78, 5) is 0. The van der Waals surface area contributed by atoms with Crippen LogP contribution in [0.25, 0.3) is 0 Å². The van der Waals surface area contributed by atoms with E-state index in [0.29, 0.717) is 19.6 Å². The van der Waals surface area contributed by atoms with Gasteiger partial charge in [0.25, 0.3) is 0 Å². The van der Waals surface area contributed by atoms with Crippen LogP contribution in [0.3, 0.4) is 0 Å². The molecule has 1 heterocycles. The van der Waals surface area contributed by atoms with Crippen LogP contribution in [0.2, 0.25) is 0 Å². The van der Waals surface area contributed by atoms with E-state index in [1.54, 1.807) is 7.11 Å². The Bertz CT molecular complexity index is 764. The normalized spacial score (nSPS) is 13.9. The summed E-state index contributed by atoms with van der Waals surface area (Å²) >= 11 is 0. The number of methoxy groups -OCH3 is 1. The predicted molar refractivity (Wildman–Crippen MR) is 91.9 cm³/mol. The van der Waals surface area contributed by atoms with Crippen molar-refractivity contribution in [2.75, 3.05) is 20.3 Å². The number of benzene rings is 2. The van der Waals surface area contributed by atoms with Gasteiger partial charge in [-0.2, -0.15) is 5.26 Å². The zero-order chi connectivity index (χ0) is 16.9. The molecule has 0 spiro atoms.